The largest absolute Gasteiger partial charge is 0.417 e. The molecule has 1 spiro atoms. The normalized spacial score (nSPS) is 42.7. The highest BCUT2D eigenvalue weighted by Gasteiger charge is 2.69. The topological polar surface area (TPSA) is 155 Å². The fraction of sp³-hybridized carbons (Fsp3) is 0.796. The fourth-order valence-corrected chi connectivity index (χ4v) is 14.7. The molecule has 69 heavy (non-hydrogen) atoms. The average Bonchev–Trinajstić information content (AvgIpc) is 3.82. The minimum absolute atomic E-state index is 0.0206. The van der Waals surface area contributed by atoms with E-state index >= 15 is 0 Å². The van der Waals surface area contributed by atoms with E-state index in [0.717, 1.165) is 30.4 Å². The summed E-state index contributed by atoms with van der Waals surface area (Å²) >= 11 is 0. The Morgan fingerprint density at radius 3 is 2.26 bits per heavy atom. The summed E-state index contributed by atoms with van der Waals surface area (Å²) in [6.45, 7) is 29.5. The van der Waals surface area contributed by atoms with Crippen LogP contribution in [0.4, 0.5) is 0 Å². The first kappa shape index (κ1) is 52.0. The molecule has 0 radical (unpaired) electrons. The first-order chi connectivity index (χ1) is 32.5. The van der Waals surface area contributed by atoms with Crippen LogP contribution < -0.4 is 0 Å². The summed E-state index contributed by atoms with van der Waals surface area (Å²) < 4.78 is 88.6. The van der Waals surface area contributed by atoms with Gasteiger partial charge in [0.15, 0.2) is 14.1 Å². The molecule has 10 bridgehead atoms. The number of ether oxygens (including phenoxy) is 7. The van der Waals surface area contributed by atoms with Crippen LogP contribution in [0.3, 0.4) is 0 Å². The number of hydrogen-bond acceptors (Lipinski definition) is 13. The number of aryl methyl sites for hydroxylation is 1. The zero-order valence-electron chi connectivity index (χ0n) is 42.8. The molecule has 1 aromatic rings. The van der Waals surface area contributed by atoms with Crippen molar-refractivity contribution in [1.82, 2.24) is 0 Å². The summed E-state index contributed by atoms with van der Waals surface area (Å²) in [4.78, 5) is 14.5. The van der Waals surface area contributed by atoms with E-state index in [9.17, 15) is 18.3 Å². The second-order valence-electron chi connectivity index (χ2n) is 24.1. The molecule has 19 atom stereocenters. The second-order valence-corrected chi connectivity index (χ2v) is 30.5. The van der Waals surface area contributed by atoms with Crippen molar-refractivity contribution in [3.63, 3.8) is 0 Å². The predicted octanol–water partition coefficient (Wildman–Crippen LogP) is 9.07. The molecule has 9 aliphatic rings. The van der Waals surface area contributed by atoms with E-state index < -0.39 is 54.7 Å². The van der Waals surface area contributed by atoms with Gasteiger partial charge in [-0.1, -0.05) is 72.4 Å². The van der Waals surface area contributed by atoms with Crippen molar-refractivity contribution in [2.24, 2.45) is 23.7 Å². The van der Waals surface area contributed by atoms with Crippen LogP contribution in [-0.2, 0) is 56.7 Å². The van der Waals surface area contributed by atoms with Gasteiger partial charge in [-0.25, -0.2) is 0 Å². The van der Waals surface area contributed by atoms with Crippen LogP contribution in [0.25, 0.3) is 0 Å². The van der Waals surface area contributed by atoms with E-state index in [-0.39, 0.29) is 114 Å². The quantitative estimate of drug-likeness (QED) is 0.150. The molecule has 0 aromatic heterocycles. The van der Waals surface area contributed by atoms with Gasteiger partial charge in [0.05, 0.1) is 59.8 Å². The lowest BCUT2D eigenvalue weighted by molar-refractivity contribution is -0.292. The van der Waals surface area contributed by atoms with Gasteiger partial charge in [0, 0.05) is 38.7 Å². The zero-order valence-corrected chi connectivity index (χ0v) is 44.6. The molecule has 1 N–H and O–H groups in total. The predicted molar refractivity (Wildman–Crippen MR) is 262 cm³/mol. The summed E-state index contributed by atoms with van der Waals surface area (Å²) in [6.07, 6.45) is 0.939. The molecule has 9 saturated heterocycles. The molecule has 10 rings (SSSR count). The average molecular weight is 999 g/mol. The van der Waals surface area contributed by atoms with Crippen LogP contribution in [0.2, 0.25) is 18.1 Å². The number of Topliss-reactive ketones (excluding diaryl/α,β-unsaturated/α-hetero) is 1. The van der Waals surface area contributed by atoms with Crippen molar-refractivity contribution in [3.05, 3.63) is 54.1 Å². The number of fused-ring (bicyclic) bond motifs is 4. The van der Waals surface area contributed by atoms with E-state index in [1.165, 1.54) is 0 Å². The molecular formula is C54H82O13SSi. The standard InChI is InChI=1S/C54H82O13SSi/c1-30-12-16-40(17-13-30)68(57,58)67-39-20-21-54-28-47-49(65-54)50-51(64-47)52(66-54)48-43(63-50)19-15-38(61-48)25-36(55)26-41-35(6)44(22-31(2)29-59-69(10,11)53(7,8)9)62-46(41)27-45-34(5)32(3)23-37(60-45)14-18-42(56)33(4)24-39/h12-13,16-17,31-32,35,37-39,41-52,56H,4-5,14-15,18-29H2,1-3,6-11H3/t31-,32+,35+,37-,38+,39+,41+,42-,43-,44+,45+,46?,47?,48?,49-,50-,51?,52-,54-/m0/s1. The van der Waals surface area contributed by atoms with E-state index in [0.29, 0.717) is 57.1 Å². The highest BCUT2D eigenvalue weighted by atomic mass is 32.2. The third-order valence-electron chi connectivity index (χ3n) is 17.8. The molecular weight excluding hydrogens is 917 g/mol. The third-order valence-corrected chi connectivity index (χ3v) is 23.7. The Morgan fingerprint density at radius 2 is 1.52 bits per heavy atom. The number of aliphatic hydroxyl groups is 1. The monoisotopic (exact) mass is 999 g/mol. The Bertz CT molecular complexity index is 2140. The highest BCUT2D eigenvalue weighted by Crippen LogP contribution is 2.54. The van der Waals surface area contributed by atoms with Crippen LogP contribution in [0.1, 0.15) is 131 Å². The highest BCUT2D eigenvalue weighted by molar-refractivity contribution is 7.86. The lowest BCUT2D eigenvalue weighted by atomic mass is 9.78. The molecule has 1 aromatic carbocycles. The van der Waals surface area contributed by atoms with Gasteiger partial charge in [-0.15, -0.1) is 0 Å². The van der Waals surface area contributed by atoms with Gasteiger partial charge in [-0.2, -0.15) is 8.42 Å². The molecule has 9 heterocycles. The van der Waals surface area contributed by atoms with Gasteiger partial charge in [0.2, 0.25) is 0 Å². The number of hydrogen-bond donors (Lipinski definition) is 1. The molecule has 4 unspecified atom stereocenters. The first-order valence-electron chi connectivity index (χ1n) is 26.3. The number of aliphatic hydroxyl groups excluding tert-OH is 1. The Balaban J connectivity index is 0.977. The van der Waals surface area contributed by atoms with Crippen molar-refractivity contribution in [2.75, 3.05) is 6.61 Å². The summed E-state index contributed by atoms with van der Waals surface area (Å²) in [5, 5.41) is 11.8. The second kappa shape index (κ2) is 20.1. The Hall–Kier alpha value is -1.86. The van der Waals surface area contributed by atoms with Crippen LogP contribution >= 0.6 is 0 Å². The van der Waals surface area contributed by atoms with E-state index in [4.69, 9.17) is 41.8 Å². The maximum atomic E-state index is 14.5. The molecule has 13 nitrogen and oxygen atoms in total. The Labute approximate surface area is 413 Å². The SMILES string of the molecule is C=C1C[C@H](OS(=O)(=O)c2ccc(C)cc2)CC[C@@]23CC4OC5[C@@H](O2)C2O[C@H](CC[C@@H]2O[C@H]5[C@H]4O3)CC(=O)C[C@H]2C(C[C@H]3O[C@@H](CC[C@@H]1O)C[C@@H](C)C3=C)O[C@H](C[C@H](C)CO[Si](C)(C)C(C)(C)C)[C@@H]2C. The van der Waals surface area contributed by atoms with Gasteiger partial charge in [0.25, 0.3) is 10.1 Å². The van der Waals surface area contributed by atoms with Crippen molar-refractivity contribution in [1.29, 1.82) is 0 Å². The maximum Gasteiger partial charge on any atom is 0.297 e. The molecule has 15 heteroatoms. The fourth-order valence-electron chi connectivity index (χ4n) is 12.5. The molecule has 0 amide bonds. The molecule has 0 aliphatic carbocycles. The van der Waals surface area contributed by atoms with Crippen molar-refractivity contribution < 1.29 is 60.1 Å². The minimum atomic E-state index is -4.19. The number of carbonyl (C=O) groups is 1. The molecule has 386 valence electrons. The van der Waals surface area contributed by atoms with Crippen LogP contribution in [-0.4, -0.2) is 125 Å². The van der Waals surface area contributed by atoms with E-state index in [2.05, 4.69) is 67.8 Å². The number of carbonyl (C=O) groups excluding carboxylic acids is 1. The van der Waals surface area contributed by atoms with Crippen molar-refractivity contribution in [2.45, 2.75) is 246 Å². The zero-order chi connectivity index (χ0) is 49.4. The Kier molecular flexibility index (Phi) is 15.2. The lowest BCUT2D eigenvalue weighted by Gasteiger charge is -2.47. The van der Waals surface area contributed by atoms with E-state index in [1.54, 1.807) is 24.3 Å². The van der Waals surface area contributed by atoms with Crippen LogP contribution in [0, 0.1) is 30.6 Å². The number of ketones is 1. The van der Waals surface area contributed by atoms with Gasteiger partial charge in [-0.05, 0) is 123 Å². The van der Waals surface area contributed by atoms with Gasteiger partial charge in [0.1, 0.15) is 36.3 Å². The molecule has 9 fully saturated rings. The Morgan fingerprint density at radius 1 is 0.826 bits per heavy atom. The maximum absolute atomic E-state index is 14.5. The summed E-state index contributed by atoms with van der Waals surface area (Å²) in [5.74, 6) is -0.386. The molecule has 9 aliphatic heterocycles. The first-order valence-corrected chi connectivity index (χ1v) is 30.6. The van der Waals surface area contributed by atoms with Crippen molar-refractivity contribution >= 4 is 24.2 Å². The van der Waals surface area contributed by atoms with Crippen molar-refractivity contribution in [3.8, 4) is 0 Å². The number of rotatable bonds is 8. The molecule has 0 saturated carbocycles. The van der Waals surface area contributed by atoms with Crippen LogP contribution in [0.15, 0.2) is 53.5 Å². The third kappa shape index (κ3) is 11.0. The summed E-state index contributed by atoms with van der Waals surface area (Å²) in [7, 11) is -6.13. The van der Waals surface area contributed by atoms with Gasteiger partial charge in [-0.3, -0.25) is 8.98 Å². The summed E-state index contributed by atoms with van der Waals surface area (Å²) in [6, 6.07) is 6.59. The summed E-state index contributed by atoms with van der Waals surface area (Å²) in [5.41, 5.74) is 2.45. The smallest absolute Gasteiger partial charge is 0.297 e. The minimum Gasteiger partial charge on any atom is -0.417 e. The van der Waals surface area contributed by atoms with Crippen LogP contribution in [0.5, 0.6) is 0 Å². The van der Waals surface area contributed by atoms with Gasteiger partial charge >= 0.3 is 0 Å². The lowest BCUT2D eigenvalue weighted by Crippen LogP contribution is -2.61. The van der Waals surface area contributed by atoms with Gasteiger partial charge < -0.3 is 42.7 Å². The van der Waals surface area contributed by atoms with E-state index in [1.807, 2.05) is 6.92 Å². The number of benzene rings is 1.